The van der Waals surface area contributed by atoms with Crippen molar-refractivity contribution in [1.29, 1.82) is 0 Å². The smallest absolute Gasteiger partial charge is 0.255 e. The lowest BCUT2D eigenvalue weighted by atomic mass is 10.0. The Labute approximate surface area is 239 Å². The molecule has 2 aromatic heterocycles. The Morgan fingerprint density at radius 3 is 2.76 bits per heavy atom. The van der Waals surface area contributed by atoms with E-state index in [4.69, 9.17) is 16.3 Å². The average Bonchev–Trinajstić information content (AvgIpc) is 3.51. The summed E-state index contributed by atoms with van der Waals surface area (Å²) in [5, 5.41) is 24.2. The van der Waals surface area contributed by atoms with Crippen LogP contribution >= 0.6 is 11.6 Å². The highest BCUT2D eigenvalue weighted by Gasteiger charge is 2.37. The summed E-state index contributed by atoms with van der Waals surface area (Å²) in [6.45, 7) is 1.19. The fourth-order valence-corrected chi connectivity index (χ4v) is 4.74. The van der Waals surface area contributed by atoms with Crippen LogP contribution in [0.5, 0.6) is 5.75 Å². The monoisotopic (exact) mass is 580 g/mol. The standard InChI is InChI=1S/C27H26ClFN8O4/c1-14(17-6-18(29)9-19(7-17)41-3)32-25(39)22(13-38)37-12-16-5-4-15(8-20(16)26(37)40)24-21(28)10-30-27(34-24)33-23-11-31-36(2)35-23/h4-11,14,22,38H,12-13H2,1-3H3,(H,32,39)(H,30,33,34,35). The molecule has 14 heteroatoms. The number of amides is 2. The van der Waals surface area contributed by atoms with Gasteiger partial charge in [0.25, 0.3) is 5.91 Å². The Morgan fingerprint density at radius 2 is 2.05 bits per heavy atom. The molecule has 4 aromatic rings. The molecule has 212 valence electrons. The SMILES string of the molecule is COc1cc(F)cc(C(C)NC(=O)C(CO)N2Cc3ccc(-c4nc(Nc5cnn(C)n5)ncc4Cl)cc3C2=O)c1. The normalized spacial score (nSPS) is 14.0. The van der Waals surface area contributed by atoms with Crippen LogP contribution in [0.4, 0.5) is 16.2 Å². The van der Waals surface area contributed by atoms with Gasteiger partial charge in [-0.25, -0.2) is 14.4 Å². The predicted octanol–water partition coefficient (Wildman–Crippen LogP) is 3.01. The fraction of sp³-hybridized carbons (Fsp3) is 0.259. The van der Waals surface area contributed by atoms with Crippen molar-refractivity contribution >= 4 is 35.2 Å². The molecule has 2 unspecified atom stereocenters. The Morgan fingerprint density at radius 1 is 1.24 bits per heavy atom. The number of methoxy groups -OCH3 is 1. The number of hydrogen-bond acceptors (Lipinski definition) is 9. The van der Waals surface area contributed by atoms with Gasteiger partial charge in [0, 0.05) is 30.8 Å². The highest BCUT2D eigenvalue weighted by atomic mass is 35.5. The molecule has 2 aromatic carbocycles. The lowest BCUT2D eigenvalue weighted by molar-refractivity contribution is -0.127. The van der Waals surface area contributed by atoms with E-state index in [9.17, 15) is 19.1 Å². The summed E-state index contributed by atoms with van der Waals surface area (Å²) in [7, 11) is 3.09. The number of anilines is 2. The number of nitrogens with one attached hydrogen (secondary N) is 2. The van der Waals surface area contributed by atoms with E-state index in [-0.39, 0.29) is 17.5 Å². The number of nitrogens with zero attached hydrogens (tertiary/aromatic N) is 6. The molecule has 1 aliphatic rings. The number of fused-ring (bicyclic) bond motifs is 1. The van der Waals surface area contributed by atoms with Crippen molar-refractivity contribution in [2.75, 3.05) is 19.0 Å². The zero-order chi connectivity index (χ0) is 29.3. The minimum absolute atomic E-state index is 0.117. The maximum Gasteiger partial charge on any atom is 0.255 e. The first kappa shape index (κ1) is 27.9. The third kappa shape index (κ3) is 5.81. The third-order valence-corrected chi connectivity index (χ3v) is 6.92. The summed E-state index contributed by atoms with van der Waals surface area (Å²) in [6.07, 6.45) is 2.95. The van der Waals surface area contributed by atoms with Gasteiger partial charge < -0.3 is 25.4 Å². The van der Waals surface area contributed by atoms with Crippen LogP contribution in [0.25, 0.3) is 11.3 Å². The Balaban J connectivity index is 1.34. The van der Waals surface area contributed by atoms with Crippen molar-refractivity contribution in [3.63, 3.8) is 0 Å². The third-order valence-electron chi connectivity index (χ3n) is 6.64. The van der Waals surface area contributed by atoms with Crippen molar-refractivity contribution in [3.05, 3.63) is 76.3 Å². The van der Waals surface area contributed by atoms with Gasteiger partial charge in [0.2, 0.25) is 11.9 Å². The summed E-state index contributed by atoms with van der Waals surface area (Å²) >= 11 is 6.40. The number of benzene rings is 2. The number of aliphatic hydroxyl groups excluding tert-OH is 1. The first-order valence-electron chi connectivity index (χ1n) is 12.5. The summed E-state index contributed by atoms with van der Waals surface area (Å²) in [5.41, 5.74) is 2.46. The Bertz CT molecular complexity index is 1630. The van der Waals surface area contributed by atoms with E-state index in [0.29, 0.717) is 39.5 Å². The van der Waals surface area contributed by atoms with Crippen LogP contribution in [0.2, 0.25) is 5.02 Å². The van der Waals surface area contributed by atoms with E-state index in [1.54, 1.807) is 38.2 Å². The van der Waals surface area contributed by atoms with E-state index >= 15 is 0 Å². The van der Waals surface area contributed by atoms with Crippen molar-refractivity contribution in [1.82, 2.24) is 35.2 Å². The molecule has 0 spiro atoms. The minimum Gasteiger partial charge on any atom is -0.497 e. The van der Waals surface area contributed by atoms with Gasteiger partial charge in [-0.3, -0.25) is 9.59 Å². The number of carbonyl (C=O) groups is 2. The fourth-order valence-electron chi connectivity index (χ4n) is 4.54. The van der Waals surface area contributed by atoms with Crippen molar-refractivity contribution in [3.8, 4) is 17.0 Å². The van der Waals surface area contributed by atoms with Gasteiger partial charge in [-0.15, -0.1) is 5.10 Å². The molecule has 0 saturated heterocycles. The second kappa shape index (κ2) is 11.5. The molecule has 0 aliphatic carbocycles. The lowest BCUT2D eigenvalue weighted by Crippen LogP contribution is -2.49. The van der Waals surface area contributed by atoms with E-state index in [0.717, 1.165) is 0 Å². The van der Waals surface area contributed by atoms with Gasteiger partial charge in [0.1, 0.15) is 17.6 Å². The van der Waals surface area contributed by atoms with Crippen LogP contribution in [0, 0.1) is 5.82 Å². The summed E-state index contributed by atoms with van der Waals surface area (Å²) in [5.74, 6) is -0.538. The number of rotatable bonds is 9. The topological polar surface area (TPSA) is 147 Å². The van der Waals surface area contributed by atoms with Gasteiger partial charge in [0.15, 0.2) is 5.82 Å². The summed E-state index contributed by atoms with van der Waals surface area (Å²) in [4.78, 5) is 37.9. The molecule has 0 bridgehead atoms. The second-order valence-electron chi connectivity index (χ2n) is 9.39. The highest BCUT2D eigenvalue weighted by molar-refractivity contribution is 6.33. The number of aryl methyl sites for hydroxylation is 1. The zero-order valence-corrected chi connectivity index (χ0v) is 23.1. The molecule has 3 N–H and O–H groups in total. The van der Waals surface area contributed by atoms with Gasteiger partial charge in [0.05, 0.1) is 42.9 Å². The number of ether oxygens (including phenoxy) is 1. The van der Waals surface area contributed by atoms with E-state index < -0.39 is 36.3 Å². The van der Waals surface area contributed by atoms with Crippen LogP contribution in [0.1, 0.15) is 34.5 Å². The predicted molar refractivity (Wildman–Crippen MR) is 147 cm³/mol. The van der Waals surface area contributed by atoms with Gasteiger partial charge in [-0.1, -0.05) is 23.7 Å². The highest BCUT2D eigenvalue weighted by Crippen LogP contribution is 2.32. The number of halogens is 2. The van der Waals surface area contributed by atoms with Crippen LogP contribution < -0.4 is 15.4 Å². The van der Waals surface area contributed by atoms with E-state index in [2.05, 4.69) is 30.8 Å². The molecule has 0 radical (unpaired) electrons. The molecule has 41 heavy (non-hydrogen) atoms. The number of aliphatic hydroxyl groups is 1. The van der Waals surface area contributed by atoms with Crippen molar-refractivity contribution in [2.24, 2.45) is 7.05 Å². The Hall–Kier alpha value is -4.62. The van der Waals surface area contributed by atoms with Gasteiger partial charge >= 0.3 is 0 Å². The number of hydrogen-bond donors (Lipinski definition) is 3. The summed E-state index contributed by atoms with van der Waals surface area (Å²) < 4.78 is 19.1. The molecule has 5 rings (SSSR count). The van der Waals surface area contributed by atoms with Crippen LogP contribution in [-0.2, 0) is 18.4 Å². The molecule has 1 aliphatic heterocycles. The summed E-state index contributed by atoms with van der Waals surface area (Å²) in [6, 6.07) is 7.51. The molecule has 0 saturated carbocycles. The number of aromatic nitrogens is 5. The Kier molecular flexibility index (Phi) is 7.81. The largest absolute Gasteiger partial charge is 0.497 e. The molecule has 2 atom stereocenters. The zero-order valence-electron chi connectivity index (χ0n) is 22.3. The van der Waals surface area contributed by atoms with Crippen LogP contribution in [0.15, 0.2) is 48.8 Å². The van der Waals surface area contributed by atoms with Crippen molar-refractivity contribution in [2.45, 2.75) is 25.6 Å². The molecule has 3 heterocycles. The van der Waals surface area contributed by atoms with Crippen molar-refractivity contribution < 1.29 is 23.8 Å². The van der Waals surface area contributed by atoms with E-state index in [1.807, 2.05) is 0 Å². The minimum atomic E-state index is -1.17. The van der Waals surface area contributed by atoms with Gasteiger partial charge in [-0.05, 0) is 36.2 Å². The molecular weight excluding hydrogens is 555 g/mol. The quantitative estimate of drug-likeness (QED) is 0.272. The molecular formula is C27H26ClFN8O4. The van der Waals surface area contributed by atoms with Crippen LogP contribution in [0.3, 0.4) is 0 Å². The van der Waals surface area contributed by atoms with E-state index in [1.165, 1.54) is 41.3 Å². The average molecular weight is 581 g/mol. The first-order valence-corrected chi connectivity index (χ1v) is 12.9. The lowest BCUT2D eigenvalue weighted by Gasteiger charge is -2.27. The maximum atomic E-state index is 14.0. The first-order chi connectivity index (χ1) is 19.7. The molecule has 2 amide bonds. The molecule has 12 nitrogen and oxygen atoms in total. The van der Waals surface area contributed by atoms with Crippen LogP contribution in [-0.4, -0.2) is 66.5 Å². The maximum absolute atomic E-state index is 14.0. The van der Waals surface area contributed by atoms with Gasteiger partial charge in [-0.2, -0.15) is 9.90 Å². The second-order valence-corrected chi connectivity index (χ2v) is 9.80. The number of carbonyl (C=O) groups excluding carboxylic acids is 2. The molecule has 0 fully saturated rings.